The Hall–Kier alpha value is -1.42. The van der Waals surface area contributed by atoms with Crippen LogP contribution in [0.2, 0.25) is 0 Å². The highest BCUT2D eigenvalue weighted by molar-refractivity contribution is 5.70. The molecule has 0 aromatic carbocycles. The van der Waals surface area contributed by atoms with Gasteiger partial charge in [-0.15, -0.1) is 0 Å². The number of aliphatic hydroxyl groups is 1. The van der Waals surface area contributed by atoms with Crippen LogP contribution in [-0.4, -0.2) is 26.2 Å². The summed E-state index contributed by atoms with van der Waals surface area (Å²) in [5.74, 6) is 1.35. The predicted molar refractivity (Wildman–Crippen MR) is 56.6 cm³/mol. The lowest BCUT2D eigenvalue weighted by Gasteiger charge is -2.29. The van der Waals surface area contributed by atoms with Crippen molar-refractivity contribution in [2.75, 3.05) is 0 Å². The summed E-state index contributed by atoms with van der Waals surface area (Å²) in [6, 6.07) is 3.98. The first-order valence-electron chi connectivity index (χ1n) is 5.23. The zero-order chi connectivity index (χ0) is 10.4. The van der Waals surface area contributed by atoms with E-state index in [1.165, 1.54) is 0 Å². The van der Waals surface area contributed by atoms with Crippen molar-refractivity contribution < 1.29 is 5.11 Å². The predicted octanol–water partition coefficient (Wildman–Crippen LogP) is 1.50. The molecule has 4 nitrogen and oxygen atoms in total. The van der Waals surface area contributed by atoms with Gasteiger partial charge in [0, 0.05) is 11.6 Å². The number of hydrogen-bond acceptors (Lipinski definition) is 3. The van der Waals surface area contributed by atoms with Crippen LogP contribution in [0, 0.1) is 6.92 Å². The van der Waals surface area contributed by atoms with Gasteiger partial charge in [-0.25, -0.2) is 9.97 Å². The van der Waals surface area contributed by atoms with Gasteiger partial charge >= 0.3 is 0 Å². The number of fused-ring (bicyclic) bond motifs is 1. The third kappa shape index (κ3) is 1.41. The summed E-state index contributed by atoms with van der Waals surface area (Å²) >= 11 is 0. The Labute approximate surface area is 87.4 Å². The molecule has 0 radical (unpaired) electrons. The number of nitrogens with one attached hydrogen (secondary N) is 1. The topological polar surface area (TPSA) is 61.8 Å². The quantitative estimate of drug-likeness (QED) is 0.738. The highest BCUT2D eigenvalue weighted by Crippen LogP contribution is 2.35. The van der Waals surface area contributed by atoms with E-state index in [0.29, 0.717) is 5.92 Å². The Morgan fingerprint density at radius 3 is 2.87 bits per heavy atom. The summed E-state index contributed by atoms with van der Waals surface area (Å²) in [7, 11) is 0. The molecule has 0 amide bonds. The van der Waals surface area contributed by atoms with Crippen LogP contribution in [0.4, 0.5) is 0 Å². The van der Waals surface area contributed by atoms with Crippen LogP contribution < -0.4 is 0 Å². The van der Waals surface area contributed by atoms with Crippen molar-refractivity contribution in [2.45, 2.75) is 31.8 Å². The highest BCUT2D eigenvalue weighted by atomic mass is 16.3. The summed E-state index contributed by atoms with van der Waals surface area (Å²) in [5.41, 5.74) is 2.75. The highest BCUT2D eigenvalue weighted by Gasteiger charge is 2.30. The third-order valence-electron chi connectivity index (χ3n) is 3.00. The molecule has 0 bridgehead atoms. The molecular formula is C11H13N3O. The van der Waals surface area contributed by atoms with Gasteiger partial charge in [0.25, 0.3) is 0 Å². The Kier molecular flexibility index (Phi) is 1.79. The first-order valence-corrected chi connectivity index (χ1v) is 5.23. The fraction of sp³-hybridized carbons (Fsp3) is 0.455. The van der Waals surface area contributed by atoms with Crippen molar-refractivity contribution in [2.24, 2.45) is 0 Å². The van der Waals surface area contributed by atoms with E-state index in [1.807, 2.05) is 19.1 Å². The number of imidazole rings is 1. The number of aromatic amines is 1. The number of H-pyrrole nitrogens is 1. The summed E-state index contributed by atoms with van der Waals surface area (Å²) in [4.78, 5) is 12.1. The molecule has 15 heavy (non-hydrogen) atoms. The normalized spacial score (nSPS) is 25.5. The fourth-order valence-corrected chi connectivity index (χ4v) is 2.01. The zero-order valence-electron chi connectivity index (χ0n) is 8.57. The monoisotopic (exact) mass is 203 g/mol. The van der Waals surface area contributed by atoms with E-state index in [-0.39, 0.29) is 6.10 Å². The van der Waals surface area contributed by atoms with E-state index < -0.39 is 0 Å². The molecular weight excluding hydrogens is 190 g/mol. The van der Waals surface area contributed by atoms with Crippen molar-refractivity contribution in [3.63, 3.8) is 0 Å². The molecule has 0 atom stereocenters. The van der Waals surface area contributed by atoms with Gasteiger partial charge in [-0.05, 0) is 31.9 Å². The molecule has 0 saturated heterocycles. The Balaban J connectivity index is 1.99. The molecule has 1 saturated carbocycles. The number of rotatable bonds is 1. The maximum Gasteiger partial charge on any atom is 0.177 e. The molecule has 4 heteroatoms. The van der Waals surface area contributed by atoms with E-state index in [0.717, 1.165) is 35.5 Å². The lowest BCUT2D eigenvalue weighted by atomic mass is 9.82. The maximum absolute atomic E-state index is 9.24. The van der Waals surface area contributed by atoms with Gasteiger partial charge in [0.05, 0.1) is 11.6 Å². The van der Waals surface area contributed by atoms with E-state index in [9.17, 15) is 5.11 Å². The van der Waals surface area contributed by atoms with Gasteiger partial charge in [0.15, 0.2) is 5.65 Å². The van der Waals surface area contributed by atoms with Crippen LogP contribution in [0.25, 0.3) is 11.2 Å². The molecule has 0 spiro atoms. The van der Waals surface area contributed by atoms with Crippen molar-refractivity contribution >= 4 is 11.2 Å². The molecule has 2 heterocycles. The SMILES string of the molecule is Cc1ccc2[nH]c(C3CC(O)C3)nc2n1. The summed E-state index contributed by atoms with van der Waals surface area (Å²) in [6.45, 7) is 1.96. The number of aryl methyl sites for hydroxylation is 1. The Bertz CT molecular complexity index is 500. The summed E-state index contributed by atoms with van der Waals surface area (Å²) < 4.78 is 0. The minimum absolute atomic E-state index is 0.141. The summed E-state index contributed by atoms with van der Waals surface area (Å²) in [5, 5.41) is 9.24. The van der Waals surface area contributed by atoms with E-state index in [4.69, 9.17) is 0 Å². The standard InChI is InChI=1S/C11H13N3O/c1-6-2-3-9-11(12-6)14-10(13-9)7-4-8(15)5-7/h2-3,7-8,15H,4-5H2,1H3,(H,12,13,14). The smallest absolute Gasteiger partial charge is 0.177 e. The Morgan fingerprint density at radius 2 is 2.13 bits per heavy atom. The van der Waals surface area contributed by atoms with Gasteiger partial charge in [0.1, 0.15) is 5.82 Å². The number of pyridine rings is 1. The lowest BCUT2D eigenvalue weighted by Crippen LogP contribution is -2.27. The minimum Gasteiger partial charge on any atom is -0.393 e. The first-order chi connectivity index (χ1) is 7.22. The lowest BCUT2D eigenvalue weighted by molar-refractivity contribution is 0.0720. The molecule has 3 rings (SSSR count). The number of hydrogen-bond donors (Lipinski definition) is 2. The first kappa shape index (κ1) is 8.85. The maximum atomic E-state index is 9.24. The van der Waals surface area contributed by atoms with Crippen molar-refractivity contribution in [3.8, 4) is 0 Å². The Morgan fingerprint density at radius 1 is 1.33 bits per heavy atom. The van der Waals surface area contributed by atoms with Gasteiger partial charge < -0.3 is 10.1 Å². The molecule has 1 fully saturated rings. The van der Waals surface area contributed by atoms with Gasteiger partial charge in [0.2, 0.25) is 0 Å². The molecule has 2 aromatic rings. The van der Waals surface area contributed by atoms with Gasteiger partial charge in [-0.2, -0.15) is 0 Å². The molecule has 78 valence electrons. The largest absolute Gasteiger partial charge is 0.393 e. The van der Waals surface area contributed by atoms with Crippen LogP contribution in [0.15, 0.2) is 12.1 Å². The van der Waals surface area contributed by atoms with Gasteiger partial charge in [-0.1, -0.05) is 0 Å². The molecule has 0 unspecified atom stereocenters. The molecule has 1 aliphatic carbocycles. The third-order valence-corrected chi connectivity index (χ3v) is 3.00. The summed E-state index contributed by atoms with van der Waals surface area (Å²) in [6.07, 6.45) is 1.50. The number of aliphatic hydroxyl groups excluding tert-OH is 1. The van der Waals surface area contributed by atoms with Crippen LogP contribution >= 0.6 is 0 Å². The second-order valence-corrected chi connectivity index (χ2v) is 4.27. The molecule has 0 aliphatic heterocycles. The van der Waals surface area contributed by atoms with Crippen LogP contribution in [0.1, 0.15) is 30.3 Å². The second-order valence-electron chi connectivity index (χ2n) is 4.27. The van der Waals surface area contributed by atoms with Crippen LogP contribution in [0.5, 0.6) is 0 Å². The van der Waals surface area contributed by atoms with Crippen molar-refractivity contribution in [1.29, 1.82) is 0 Å². The number of nitrogens with zero attached hydrogens (tertiary/aromatic N) is 2. The van der Waals surface area contributed by atoms with Crippen LogP contribution in [-0.2, 0) is 0 Å². The van der Waals surface area contributed by atoms with E-state index in [1.54, 1.807) is 0 Å². The minimum atomic E-state index is -0.141. The van der Waals surface area contributed by atoms with E-state index >= 15 is 0 Å². The van der Waals surface area contributed by atoms with Crippen LogP contribution in [0.3, 0.4) is 0 Å². The van der Waals surface area contributed by atoms with E-state index in [2.05, 4.69) is 15.0 Å². The molecule has 2 aromatic heterocycles. The van der Waals surface area contributed by atoms with Gasteiger partial charge in [-0.3, -0.25) is 0 Å². The fourth-order valence-electron chi connectivity index (χ4n) is 2.01. The van der Waals surface area contributed by atoms with Crippen molar-refractivity contribution in [3.05, 3.63) is 23.7 Å². The number of aromatic nitrogens is 3. The molecule has 1 aliphatic rings. The van der Waals surface area contributed by atoms with Crippen molar-refractivity contribution in [1.82, 2.24) is 15.0 Å². The average Bonchev–Trinajstić information content (AvgIpc) is 2.55. The zero-order valence-corrected chi connectivity index (χ0v) is 8.57. The second kappa shape index (κ2) is 3.03. The average molecular weight is 203 g/mol. The molecule has 2 N–H and O–H groups in total.